The van der Waals surface area contributed by atoms with Crippen LogP contribution in [0.4, 0.5) is 0 Å². The monoisotopic (exact) mass is 426 g/mol. The normalized spacial score (nSPS) is 10.8. The summed E-state index contributed by atoms with van der Waals surface area (Å²) in [6.45, 7) is 0.282. The van der Waals surface area contributed by atoms with Crippen molar-refractivity contribution in [2.75, 3.05) is 0 Å². The summed E-state index contributed by atoms with van der Waals surface area (Å²) in [5, 5.41) is 0. The number of hydrogen-bond acceptors (Lipinski definition) is 5. The topological polar surface area (TPSA) is 86.8 Å². The van der Waals surface area contributed by atoms with Gasteiger partial charge < -0.3 is 4.57 Å². The van der Waals surface area contributed by atoms with Gasteiger partial charge >= 0.3 is 0 Å². The van der Waals surface area contributed by atoms with E-state index in [0.717, 1.165) is 16.7 Å². The minimum absolute atomic E-state index is 0.174. The molecule has 2 aromatic heterocycles. The van der Waals surface area contributed by atoms with Crippen molar-refractivity contribution >= 4 is 11.6 Å². The number of Topliss-reactive ketones (excluding diaryl/α,β-unsaturated/α-hetero) is 2. The second-order valence-electron chi connectivity index (χ2n) is 7.69. The van der Waals surface area contributed by atoms with Gasteiger partial charge in [0, 0.05) is 31.1 Å². The second kappa shape index (κ2) is 9.34. The van der Waals surface area contributed by atoms with E-state index >= 15 is 0 Å². The molecule has 0 radical (unpaired) electrons. The van der Waals surface area contributed by atoms with E-state index in [2.05, 4.69) is 9.97 Å². The van der Waals surface area contributed by atoms with Crippen molar-refractivity contribution in [3.63, 3.8) is 0 Å². The third-order valence-corrected chi connectivity index (χ3v) is 5.08. The molecule has 0 aliphatic carbocycles. The number of aromatic nitrogens is 4. The lowest BCUT2D eigenvalue weighted by Gasteiger charge is -2.11. The van der Waals surface area contributed by atoms with E-state index in [1.54, 1.807) is 23.9 Å². The van der Waals surface area contributed by atoms with Gasteiger partial charge in [0.2, 0.25) is 0 Å². The molecular weight excluding hydrogens is 404 g/mol. The van der Waals surface area contributed by atoms with Crippen LogP contribution < -0.4 is 5.56 Å². The van der Waals surface area contributed by atoms with E-state index in [1.165, 1.54) is 29.5 Å². The fourth-order valence-electron chi connectivity index (χ4n) is 3.54. The van der Waals surface area contributed by atoms with Crippen LogP contribution in [0.3, 0.4) is 0 Å². The van der Waals surface area contributed by atoms with Gasteiger partial charge in [-0.05, 0) is 35.2 Å². The number of aryl methyl sites for hydroxylation is 1. The Morgan fingerprint density at radius 2 is 1.69 bits per heavy atom. The summed E-state index contributed by atoms with van der Waals surface area (Å²) in [7, 11) is 1.77. The molecule has 0 fully saturated rings. The fourth-order valence-corrected chi connectivity index (χ4v) is 3.54. The molecule has 2 aromatic carbocycles. The Morgan fingerprint density at radius 1 is 0.906 bits per heavy atom. The van der Waals surface area contributed by atoms with Gasteiger partial charge in [0.05, 0.1) is 25.6 Å². The lowest BCUT2D eigenvalue weighted by molar-refractivity contribution is 0.0891. The molecular formula is C25H22N4O3. The highest BCUT2D eigenvalue weighted by molar-refractivity contribution is 6.12. The Balaban J connectivity index is 1.64. The molecule has 7 nitrogen and oxygen atoms in total. The standard InChI is InChI=1S/C25H22N4O3/c1-28-15-22(27-17-28)24(31)13-23(30)21-11-19(9-18-5-3-2-4-6-18)10-20(12-21)14-29-16-26-8-7-25(29)32/h2-8,10-12,15-17H,9,13-14H2,1H3. The molecule has 0 atom stereocenters. The molecule has 32 heavy (non-hydrogen) atoms. The number of benzene rings is 2. The third kappa shape index (κ3) is 5.13. The molecule has 0 unspecified atom stereocenters. The van der Waals surface area contributed by atoms with Gasteiger partial charge in [0.15, 0.2) is 11.6 Å². The van der Waals surface area contributed by atoms with Crippen molar-refractivity contribution < 1.29 is 9.59 Å². The molecule has 4 aromatic rings. The first-order chi connectivity index (χ1) is 15.5. The van der Waals surface area contributed by atoms with E-state index in [1.807, 2.05) is 42.5 Å². The molecule has 7 heteroatoms. The number of ketones is 2. The van der Waals surface area contributed by atoms with Gasteiger partial charge in [-0.1, -0.05) is 36.4 Å². The van der Waals surface area contributed by atoms with E-state index in [4.69, 9.17) is 0 Å². The van der Waals surface area contributed by atoms with Crippen LogP contribution in [-0.4, -0.2) is 30.7 Å². The van der Waals surface area contributed by atoms with Crippen LogP contribution in [0, 0.1) is 0 Å². The largest absolute Gasteiger partial charge is 0.340 e. The summed E-state index contributed by atoms with van der Waals surface area (Å²) in [5.41, 5.74) is 3.36. The van der Waals surface area contributed by atoms with Crippen molar-refractivity contribution in [1.29, 1.82) is 0 Å². The molecule has 0 saturated heterocycles. The fraction of sp³-hybridized carbons (Fsp3) is 0.160. The molecule has 0 aliphatic rings. The smallest absolute Gasteiger partial charge is 0.253 e. The Bertz CT molecular complexity index is 1320. The van der Waals surface area contributed by atoms with Crippen LogP contribution in [0.5, 0.6) is 0 Å². The van der Waals surface area contributed by atoms with Crippen LogP contribution >= 0.6 is 0 Å². The van der Waals surface area contributed by atoms with Gasteiger partial charge in [0.1, 0.15) is 5.69 Å². The van der Waals surface area contributed by atoms with Gasteiger partial charge in [-0.25, -0.2) is 9.97 Å². The Hall–Kier alpha value is -4.13. The second-order valence-corrected chi connectivity index (χ2v) is 7.69. The number of nitrogens with zero attached hydrogens (tertiary/aromatic N) is 4. The first-order valence-corrected chi connectivity index (χ1v) is 10.2. The predicted molar refractivity (Wildman–Crippen MR) is 120 cm³/mol. The molecule has 0 spiro atoms. The van der Waals surface area contributed by atoms with Crippen LogP contribution in [0.15, 0.2) is 84.4 Å². The number of carbonyl (C=O) groups excluding carboxylic acids is 2. The highest BCUT2D eigenvalue weighted by atomic mass is 16.1. The molecule has 0 N–H and O–H groups in total. The van der Waals surface area contributed by atoms with Crippen LogP contribution in [0.2, 0.25) is 0 Å². The Kier molecular flexibility index (Phi) is 6.17. The predicted octanol–water partition coefficient (Wildman–Crippen LogP) is 3.07. The maximum atomic E-state index is 13.0. The average molecular weight is 426 g/mol. The minimum atomic E-state index is -0.325. The maximum Gasteiger partial charge on any atom is 0.253 e. The highest BCUT2D eigenvalue weighted by Gasteiger charge is 2.17. The zero-order chi connectivity index (χ0) is 22.5. The third-order valence-electron chi connectivity index (χ3n) is 5.08. The van der Waals surface area contributed by atoms with Crippen molar-refractivity contribution in [3.8, 4) is 0 Å². The van der Waals surface area contributed by atoms with Gasteiger partial charge in [-0.2, -0.15) is 0 Å². The van der Waals surface area contributed by atoms with Gasteiger partial charge in [0.25, 0.3) is 5.56 Å². The summed E-state index contributed by atoms with van der Waals surface area (Å²) >= 11 is 0. The Labute approximate surface area is 185 Å². The zero-order valence-corrected chi connectivity index (χ0v) is 17.6. The first-order valence-electron chi connectivity index (χ1n) is 10.2. The average Bonchev–Trinajstić information content (AvgIpc) is 3.22. The first kappa shape index (κ1) is 21.1. The summed E-state index contributed by atoms with van der Waals surface area (Å²) in [6, 6.07) is 16.8. The number of carbonyl (C=O) groups is 2. The molecule has 160 valence electrons. The summed E-state index contributed by atoms with van der Waals surface area (Å²) < 4.78 is 3.15. The van der Waals surface area contributed by atoms with Gasteiger partial charge in [-0.3, -0.25) is 19.0 Å². The van der Waals surface area contributed by atoms with E-state index in [0.29, 0.717) is 12.0 Å². The lowest BCUT2D eigenvalue weighted by atomic mass is 9.96. The quantitative estimate of drug-likeness (QED) is 0.319. The molecule has 0 amide bonds. The molecule has 0 saturated carbocycles. The lowest BCUT2D eigenvalue weighted by Crippen LogP contribution is -2.19. The Morgan fingerprint density at radius 3 is 2.41 bits per heavy atom. The number of hydrogen-bond donors (Lipinski definition) is 0. The number of rotatable bonds is 8. The van der Waals surface area contributed by atoms with Crippen molar-refractivity contribution in [1.82, 2.24) is 19.1 Å². The molecule has 0 aliphatic heterocycles. The highest BCUT2D eigenvalue weighted by Crippen LogP contribution is 2.18. The maximum absolute atomic E-state index is 13.0. The molecule has 2 heterocycles. The van der Waals surface area contributed by atoms with Crippen molar-refractivity contribution in [2.45, 2.75) is 19.4 Å². The zero-order valence-electron chi connectivity index (χ0n) is 17.6. The molecule has 4 rings (SSSR count). The minimum Gasteiger partial charge on any atom is -0.340 e. The van der Waals surface area contributed by atoms with Gasteiger partial charge in [-0.15, -0.1) is 0 Å². The van der Waals surface area contributed by atoms with Crippen molar-refractivity contribution in [3.05, 3.63) is 118 Å². The number of imidazole rings is 1. The van der Waals surface area contributed by atoms with Crippen molar-refractivity contribution in [2.24, 2.45) is 7.05 Å². The SMILES string of the molecule is Cn1cnc(C(=O)CC(=O)c2cc(Cc3ccccc3)cc(Cn3cnccc3=O)c2)c1. The summed E-state index contributed by atoms with van der Waals surface area (Å²) in [6.07, 6.45) is 6.41. The van der Waals surface area contributed by atoms with Crippen LogP contribution in [-0.2, 0) is 20.0 Å². The summed E-state index contributed by atoms with van der Waals surface area (Å²) in [5.74, 6) is -0.607. The van der Waals surface area contributed by atoms with E-state index < -0.39 is 0 Å². The van der Waals surface area contributed by atoms with E-state index in [-0.39, 0.29) is 35.8 Å². The van der Waals surface area contributed by atoms with E-state index in [9.17, 15) is 14.4 Å². The summed E-state index contributed by atoms with van der Waals surface area (Å²) in [4.78, 5) is 45.6. The molecule has 0 bridgehead atoms. The van der Waals surface area contributed by atoms with Crippen LogP contribution in [0.1, 0.15) is 44.0 Å². The van der Waals surface area contributed by atoms with Crippen LogP contribution in [0.25, 0.3) is 0 Å².